The zero-order valence-corrected chi connectivity index (χ0v) is 10.8. The number of hydrogen-bond donors (Lipinski definition) is 1. The van der Waals surface area contributed by atoms with Crippen LogP contribution in [0.25, 0.3) is 0 Å². The summed E-state index contributed by atoms with van der Waals surface area (Å²) in [6.45, 7) is 2.40. The Bertz CT molecular complexity index is 298. The van der Waals surface area contributed by atoms with Crippen LogP contribution in [0.4, 0.5) is 0 Å². The molecule has 0 aliphatic carbocycles. The Hall–Kier alpha value is -0.850. The number of rotatable bonds is 5. The van der Waals surface area contributed by atoms with Crippen LogP contribution in [-0.4, -0.2) is 37.6 Å². The Morgan fingerprint density at radius 1 is 1.41 bits per heavy atom. The smallest absolute Gasteiger partial charge is 0.248 e. The first-order chi connectivity index (χ1) is 8.17. The van der Waals surface area contributed by atoms with E-state index in [9.17, 15) is 9.59 Å². The van der Waals surface area contributed by atoms with Crippen LogP contribution in [0.3, 0.4) is 0 Å². The Morgan fingerprint density at radius 2 is 2.06 bits per heavy atom. The van der Waals surface area contributed by atoms with Gasteiger partial charge in [0.15, 0.2) is 0 Å². The molecule has 0 atom stereocenters. The molecule has 0 unspecified atom stereocenters. The fourth-order valence-electron chi connectivity index (χ4n) is 1.36. The summed E-state index contributed by atoms with van der Waals surface area (Å²) >= 11 is 1.43. The number of carbonyl (C=O) groups excluding carboxylic acids is 2. The predicted octanol–water partition coefficient (Wildman–Crippen LogP) is 0.905. The van der Waals surface area contributed by atoms with Gasteiger partial charge in [-0.1, -0.05) is 6.92 Å². The van der Waals surface area contributed by atoms with Crippen LogP contribution in [0.5, 0.6) is 0 Å². The van der Waals surface area contributed by atoms with E-state index in [1.54, 1.807) is 5.41 Å². The van der Waals surface area contributed by atoms with E-state index < -0.39 is 6.41 Å². The highest BCUT2D eigenvalue weighted by Gasteiger charge is 2.26. The van der Waals surface area contributed by atoms with Gasteiger partial charge in [0.2, 0.25) is 12.3 Å². The third kappa shape index (κ3) is 4.89. The molecule has 1 heterocycles. The first-order valence-electron chi connectivity index (χ1n) is 5.43. The van der Waals surface area contributed by atoms with E-state index >= 15 is 0 Å². The van der Waals surface area contributed by atoms with Gasteiger partial charge in [-0.2, -0.15) is 0 Å². The van der Waals surface area contributed by atoms with Crippen molar-refractivity contribution < 1.29 is 19.1 Å². The van der Waals surface area contributed by atoms with Gasteiger partial charge in [-0.25, -0.2) is 0 Å². The van der Waals surface area contributed by atoms with Crippen LogP contribution in [0.15, 0.2) is 11.5 Å². The van der Waals surface area contributed by atoms with Gasteiger partial charge in [-0.3, -0.25) is 9.59 Å². The van der Waals surface area contributed by atoms with Gasteiger partial charge in [0.05, 0.1) is 19.1 Å². The highest BCUT2D eigenvalue weighted by Crippen LogP contribution is 2.12. The standard InChI is InChI=1S/C11H17NO4S/c1-3-9(13)8-6-15-11(16-7-8)12-10(14)4-5-17-2/h4-5,8,11H,3,6-7H2,1-2H3,(H,12,14). The Balaban J connectivity index is 2.30. The summed E-state index contributed by atoms with van der Waals surface area (Å²) in [7, 11) is 0. The minimum absolute atomic E-state index is 0.122. The molecule has 0 aromatic rings. The number of carbonyl (C=O) groups is 2. The fourth-order valence-corrected chi connectivity index (χ4v) is 1.62. The van der Waals surface area contributed by atoms with Crippen molar-refractivity contribution in [2.75, 3.05) is 19.5 Å². The molecule has 0 saturated carbocycles. The van der Waals surface area contributed by atoms with Crippen molar-refractivity contribution in [2.24, 2.45) is 5.92 Å². The number of hydrogen-bond acceptors (Lipinski definition) is 5. The first-order valence-corrected chi connectivity index (χ1v) is 6.72. The molecule has 1 aliphatic heterocycles. The molecular weight excluding hydrogens is 242 g/mol. The molecule has 1 N–H and O–H groups in total. The van der Waals surface area contributed by atoms with Crippen molar-refractivity contribution in [2.45, 2.75) is 19.8 Å². The second-order valence-electron chi connectivity index (χ2n) is 3.56. The first kappa shape index (κ1) is 14.2. The lowest BCUT2D eigenvalue weighted by Crippen LogP contribution is -2.45. The van der Waals surface area contributed by atoms with Gasteiger partial charge in [-0.15, -0.1) is 11.8 Å². The van der Waals surface area contributed by atoms with Crippen molar-refractivity contribution in [1.82, 2.24) is 5.32 Å². The topological polar surface area (TPSA) is 64.6 Å². The average Bonchev–Trinajstić information content (AvgIpc) is 2.36. The molecule has 96 valence electrons. The number of nitrogens with one attached hydrogen (secondary N) is 1. The molecule has 1 amide bonds. The minimum atomic E-state index is -0.755. The summed E-state index contributed by atoms with van der Waals surface area (Å²) < 4.78 is 10.5. The van der Waals surface area contributed by atoms with Gasteiger partial charge in [0, 0.05) is 12.5 Å². The third-order valence-electron chi connectivity index (χ3n) is 2.32. The molecule has 0 bridgehead atoms. The van der Waals surface area contributed by atoms with Crippen molar-refractivity contribution in [3.8, 4) is 0 Å². The van der Waals surface area contributed by atoms with Crippen molar-refractivity contribution in [1.29, 1.82) is 0 Å². The summed E-state index contributed by atoms with van der Waals surface area (Å²) in [6, 6.07) is 0. The second-order valence-corrected chi connectivity index (χ2v) is 4.31. The number of thioether (sulfide) groups is 1. The molecule has 17 heavy (non-hydrogen) atoms. The van der Waals surface area contributed by atoms with Crippen LogP contribution >= 0.6 is 11.8 Å². The summed E-state index contributed by atoms with van der Waals surface area (Å²) in [4.78, 5) is 22.7. The van der Waals surface area contributed by atoms with Gasteiger partial charge < -0.3 is 14.8 Å². The highest BCUT2D eigenvalue weighted by atomic mass is 32.2. The predicted molar refractivity (Wildman–Crippen MR) is 65.3 cm³/mol. The maximum Gasteiger partial charge on any atom is 0.248 e. The Kier molecular flexibility index (Phi) is 6.25. The normalized spacial score (nSPS) is 24.8. The van der Waals surface area contributed by atoms with E-state index in [-0.39, 0.29) is 17.6 Å². The number of ether oxygens (including phenoxy) is 2. The molecule has 1 saturated heterocycles. The van der Waals surface area contributed by atoms with Crippen molar-refractivity contribution in [3.05, 3.63) is 11.5 Å². The molecule has 5 nitrogen and oxygen atoms in total. The Labute approximate surface area is 105 Å². The summed E-state index contributed by atoms with van der Waals surface area (Å²) in [6.07, 6.45) is 2.99. The van der Waals surface area contributed by atoms with E-state index in [0.717, 1.165) is 0 Å². The van der Waals surface area contributed by atoms with Gasteiger partial charge in [0.1, 0.15) is 5.78 Å². The van der Waals surface area contributed by atoms with Crippen LogP contribution in [0.2, 0.25) is 0 Å². The summed E-state index contributed by atoms with van der Waals surface area (Å²) in [5, 5.41) is 4.20. The minimum Gasteiger partial charge on any atom is -0.334 e. The summed E-state index contributed by atoms with van der Waals surface area (Å²) in [5.41, 5.74) is 0. The van der Waals surface area contributed by atoms with E-state index in [0.29, 0.717) is 19.6 Å². The molecule has 1 fully saturated rings. The maximum atomic E-state index is 11.4. The van der Waals surface area contributed by atoms with E-state index in [4.69, 9.17) is 9.47 Å². The quantitative estimate of drug-likeness (QED) is 0.743. The second kappa shape index (κ2) is 7.47. The van der Waals surface area contributed by atoms with Crippen LogP contribution < -0.4 is 5.32 Å². The zero-order chi connectivity index (χ0) is 12.7. The maximum absolute atomic E-state index is 11.4. The van der Waals surface area contributed by atoms with Crippen LogP contribution in [-0.2, 0) is 19.1 Å². The molecule has 1 aliphatic rings. The van der Waals surface area contributed by atoms with Crippen LogP contribution in [0.1, 0.15) is 13.3 Å². The van der Waals surface area contributed by atoms with Crippen molar-refractivity contribution >= 4 is 23.5 Å². The lowest BCUT2D eigenvalue weighted by atomic mass is 10.0. The summed E-state index contributed by atoms with van der Waals surface area (Å²) in [5.74, 6) is -0.364. The molecule has 1 rings (SSSR count). The van der Waals surface area contributed by atoms with Crippen molar-refractivity contribution in [3.63, 3.8) is 0 Å². The molecule has 0 aromatic heterocycles. The lowest BCUT2D eigenvalue weighted by molar-refractivity contribution is -0.213. The van der Waals surface area contributed by atoms with Crippen LogP contribution in [0, 0.1) is 5.92 Å². The van der Waals surface area contributed by atoms with Gasteiger partial charge >= 0.3 is 0 Å². The van der Waals surface area contributed by atoms with Gasteiger partial charge in [-0.05, 0) is 11.7 Å². The molecular formula is C11H17NO4S. The average molecular weight is 259 g/mol. The third-order valence-corrected chi connectivity index (χ3v) is 2.73. The SMILES string of the molecule is CCC(=O)C1COC(NC(=O)C=CSC)OC1. The fraction of sp³-hybridized carbons (Fsp3) is 0.636. The monoisotopic (exact) mass is 259 g/mol. The molecule has 6 heteroatoms. The van der Waals surface area contributed by atoms with E-state index in [1.165, 1.54) is 17.8 Å². The Morgan fingerprint density at radius 3 is 2.59 bits per heavy atom. The molecule has 0 spiro atoms. The van der Waals surface area contributed by atoms with E-state index in [1.807, 2.05) is 13.2 Å². The molecule has 0 radical (unpaired) electrons. The zero-order valence-electron chi connectivity index (χ0n) is 9.97. The number of amides is 1. The largest absolute Gasteiger partial charge is 0.334 e. The number of Topliss-reactive ketones (excluding diaryl/α,β-unsaturated/α-hetero) is 1. The lowest BCUT2D eigenvalue weighted by Gasteiger charge is -2.28. The molecule has 0 aromatic carbocycles. The number of ketones is 1. The van der Waals surface area contributed by atoms with Gasteiger partial charge in [0.25, 0.3) is 0 Å². The van der Waals surface area contributed by atoms with E-state index in [2.05, 4.69) is 5.32 Å². The highest BCUT2D eigenvalue weighted by molar-refractivity contribution is 8.01.